The topological polar surface area (TPSA) is 79.2 Å². The molecule has 1 atom stereocenters. The van der Waals surface area contributed by atoms with Gasteiger partial charge in [0.15, 0.2) is 0 Å². The largest absolute Gasteiger partial charge is 0.424 e. The maximum absolute atomic E-state index is 13.5. The average Bonchev–Trinajstić information content (AvgIpc) is 3.03. The molecule has 4 fully saturated rings. The monoisotopic (exact) mass is 400 g/mol. The number of nitrogens with zero attached hydrogens (tertiary/aromatic N) is 2. The molecule has 156 valence electrons. The maximum atomic E-state index is 13.5. The zero-order valence-electron chi connectivity index (χ0n) is 15.9. The predicted molar refractivity (Wildman–Crippen MR) is 95.1 cm³/mol. The van der Waals surface area contributed by atoms with Crippen molar-refractivity contribution >= 4 is 6.03 Å². The minimum Gasteiger partial charge on any atom is -0.374 e. The van der Waals surface area contributed by atoms with Gasteiger partial charge in [0.1, 0.15) is 5.82 Å². The summed E-state index contributed by atoms with van der Waals surface area (Å²) in [6.45, 7) is -0.304. The van der Waals surface area contributed by atoms with Crippen LogP contribution in [0.15, 0.2) is 12.4 Å². The first-order valence-electron chi connectivity index (χ1n) is 9.98. The molecule has 3 N–H and O–H groups in total. The molecule has 0 saturated heterocycles. The molecule has 2 amide bonds. The van der Waals surface area contributed by atoms with E-state index in [1.54, 1.807) is 0 Å². The van der Waals surface area contributed by atoms with E-state index in [0.29, 0.717) is 11.8 Å². The number of urea groups is 1. The molecule has 4 aliphatic rings. The molecular weight excluding hydrogens is 373 g/mol. The maximum Gasteiger partial charge on any atom is 0.424 e. The van der Waals surface area contributed by atoms with E-state index in [4.69, 9.17) is 0 Å². The molecule has 1 aromatic heterocycles. The van der Waals surface area contributed by atoms with Crippen LogP contribution in [0.4, 0.5) is 18.0 Å². The lowest BCUT2D eigenvalue weighted by Gasteiger charge is -2.54. The molecule has 4 bridgehead atoms. The fourth-order valence-electron chi connectivity index (χ4n) is 5.86. The van der Waals surface area contributed by atoms with Gasteiger partial charge in [-0.3, -0.25) is 0 Å². The van der Waals surface area contributed by atoms with Gasteiger partial charge in [0.05, 0.1) is 0 Å². The fraction of sp³-hybridized carbons (Fsp3) is 0.789. The van der Waals surface area contributed by atoms with E-state index in [9.17, 15) is 23.1 Å². The van der Waals surface area contributed by atoms with E-state index < -0.39 is 30.1 Å². The van der Waals surface area contributed by atoms with Crippen LogP contribution < -0.4 is 10.6 Å². The highest BCUT2D eigenvalue weighted by atomic mass is 19.4. The van der Waals surface area contributed by atoms with E-state index in [-0.39, 0.29) is 12.6 Å². The van der Waals surface area contributed by atoms with Crippen LogP contribution in [-0.4, -0.2) is 39.5 Å². The number of carbonyl (C=O) groups is 1. The van der Waals surface area contributed by atoms with Crippen molar-refractivity contribution in [1.29, 1.82) is 0 Å². The van der Waals surface area contributed by atoms with Crippen LogP contribution in [0.3, 0.4) is 0 Å². The second-order valence-electron chi connectivity index (χ2n) is 8.83. The zero-order valence-corrected chi connectivity index (χ0v) is 15.9. The number of carbonyl (C=O) groups excluding carboxylic acids is 1. The van der Waals surface area contributed by atoms with Crippen LogP contribution in [0.25, 0.3) is 0 Å². The number of amides is 2. The highest BCUT2D eigenvalue weighted by molar-refractivity contribution is 5.74. The van der Waals surface area contributed by atoms with Gasteiger partial charge in [0.2, 0.25) is 5.60 Å². The third-order valence-electron chi connectivity index (χ3n) is 6.96. The predicted octanol–water partition coefficient (Wildman–Crippen LogP) is 2.68. The number of hydrogen-bond acceptors (Lipinski definition) is 3. The Balaban J connectivity index is 1.34. The van der Waals surface area contributed by atoms with Gasteiger partial charge >= 0.3 is 12.2 Å². The Morgan fingerprint density at radius 1 is 1.21 bits per heavy atom. The summed E-state index contributed by atoms with van der Waals surface area (Å²) in [6, 6.07) is -0.342. The Kier molecular flexibility index (Phi) is 4.84. The van der Waals surface area contributed by atoms with Gasteiger partial charge < -0.3 is 20.3 Å². The molecule has 0 aromatic carbocycles. The van der Waals surface area contributed by atoms with Crippen LogP contribution in [-0.2, 0) is 12.6 Å². The molecule has 0 aliphatic heterocycles. The SMILES string of the molecule is Cn1ccnc1C(O)(CCNC(=O)NC1C2CC3CC(C2)CC1C3)C(F)(F)F. The van der Waals surface area contributed by atoms with Gasteiger partial charge in [-0.2, -0.15) is 13.2 Å². The van der Waals surface area contributed by atoms with E-state index in [2.05, 4.69) is 15.6 Å². The molecule has 1 heterocycles. The second kappa shape index (κ2) is 6.93. The van der Waals surface area contributed by atoms with Gasteiger partial charge in [-0.05, 0) is 55.8 Å². The molecule has 1 aromatic rings. The van der Waals surface area contributed by atoms with Gasteiger partial charge in [0.25, 0.3) is 0 Å². The standard InChI is InChI=1S/C19H27F3N4O2/c1-26-5-4-23-16(26)18(28,19(20,21)22)2-3-24-17(27)25-15-13-7-11-6-12(9-13)10-14(15)8-11/h4-5,11-15,28H,2-3,6-10H2,1H3,(H2,24,25,27). The van der Waals surface area contributed by atoms with Gasteiger partial charge in [-0.15, -0.1) is 0 Å². The number of aliphatic hydroxyl groups is 1. The quantitative estimate of drug-likeness (QED) is 0.711. The molecule has 5 rings (SSSR count). The summed E-state index contributed by atoms with van der Waals surface area (Å²) in [5.74, 6) is 2.05. The first-order valence-corrected chi connectivity index (χ1v) is 9.98. The van der Waals surface area contributed by atoms with Crippen molar-refractivity contribution in [3.05, 3.63) is 18.2 Å². The molecule has 4 saturated carbocycles. The van der Waals surface area contributed by atoms with E-state index >= 15 is 0 Å². The third-order valence-corrected chi connectivity index (χ3v) is 6.96. The van der Waals surface area contributed by atoms with Crippen LogP contribution in [0, 0.1) is 23.7 Å². The highest BCUT2D eigenvalue weighted by Crippen LogP contribution is 2.53. The Morgan fingerprint density at radius 3 is 2.32 bits per heavy atom. The Labute approximate surface area is 161 Å². The number of halogens is 3. The number of alkyl halides is 3. The number of aromatic nitrogens is 2. The highest BCUT2D eigenvalue weighted by Gasteiger charge is 2.57. The van der Waals surface area contributed by atoms with Gasteiger partial charge in [-0.1, -0.05) is 0 Å². The molecule has 0 spiro atoms. The lowest BCUT2D eigenvalue weighted by molar-refractivity contribution is -0.272. The van der Waals surface area contributed by atoms with Crippen LogP contribution in [0.1, 0.15) is 44.3 Å². The summed E-state index contributed by atoms with van der Waals surface area (Å²) in [7, 11) is 1.39. The zero-order chi connectivity index (χ0) is 20.1. The number of rotatable bonds is 5. The van der Waals surface area contributed by atoms with Gasteiger partial charge in [0, 0.05) is 38.4 Å². The fourth-order valence-corrected chi connectivity index (χ4v) is 5.86. The molecule has 4 aliphatic carbocycles. The summed E-state index contributed by atoms with van der Waals surface area (Å²) in [5.41, 5.74) is -3.11. The molecule has 6 nitrogen and oxygen atoms in total. The summed E-state index contributed by atoms with van der Waals surface area (Å²) in [4.78, 5) is 16.0. The number of imidazole rings is 1. The van der Waals surface area contributed by atoms with Crippen LogP contribution >= 0.6 is 0 Å². The van der Waals surface area contributed by atoms with Crippen molar-refractivity contribution in [3.8, 4) is 0 Å². The lowest BCUT2D eigenvalue weighted by atomic mass is 9.54. The van der Waals surface area contributed by atoms with Crippen LogP contribution in [0.5, 0.6) is 0 Å². The second-order valence-corrected chi connectivity index (χ2v) is 8.83. The van der Waals surface area contributed by atoms with Crippen molar-refractivity contribution in [2.75, 3.05) is 6.54 Å². The lowest BCUT2D eigenvalue weighted by Crippen LogP contribution is -2.57. The summed E-state index contributed by atoms with van der Waals surface area (Å²) in [6.07, 6.45) is 2.85. The minimum atomic E-state index is -4.90. The first kappa shape index (κ1) is 19.5. The smallest absolute Gasteiger partial charge is 0.374 e. The number of hydrogen-bond donors (Lipinski definition) is 3. The third kappa shape index (κ3) is 3.38. The van der Waals surface area contributed by atoms with Crippen molar-refractivity contribution in [2.24, 2.45) is 30.7 Å². The summed E-state index contributed by atoms with van der Waals surface area (Å²) < 4.78 is 41.7. The molecule has 0 radical (unpaired) electrons. The Bertz CT molecular complexity index is 707. The van der Waals surface area contributed by atoms with E-state index in [1.807, 2.05) is 0 Å². The van der Waals surface area contributed by atoms with Crippen LogP contribution in [0.2, 0.25) is 0 Å². The summed E-state index contributed by atoms with van der Waals surface area (Å²) >= 11 is 0. The molecular formula is C19H27F3N4O2. The minimum absolute atomic E-state index is 0.115. The average molecular weight is 400 g/mol. The number of aryl methyl sites for hydroxylation is 1. The molecule has 1 unspecified atom stereocenters. The normalized spacial score (nSPS) is 33.5. The first-order chi connectivity index (χ1) is 13.2. The van der Waals surface area contributed by atoms with E-state index in [0.717, 1.165) is 42.1 Å². The van der Waals surface area contributed by atoms with Gasteiger partial charge in [-0.25, -0.2) is 9.78 Å². The summed E-state index contributed by atoms with van der Waals surface area (Å²) in [5, 5.41) is 15.8. The molecule has 28 heavy (non-hydrogen) atoms. The van der Waals surface area contributed by atoms with Crippen molar-refractivity contribution in [3.63, 3.8) is 0 Å². The van der Waals surface area contributed by atoms with Crippen molar-refractivity contribution < 1.29 is 23.1 Å². The van der Waals surface area contributed by atoms with E-state index in [1.165, 1.54) is 25.9 Å². The van der Waals surface area contributed by atoms with Crippen molar-refractivity contribution in [1.82, 2.24) is 20.2 Å². The Hall–Kier alpha value is -1.77. The Morgan fingerprint density at radius 2 is 1.82 bits per heavy atom. The van der Waals surface area contributed by atoms with Crippen molar-refractivity contribution in [2.45, 2.75) is 56.3 Å². The number of nitrogens with one attached hydrogen (secondary N) is 2. The molecule has 9 heteroatoms.